The number of methoxy groups -OCH3 is 1. The summed E-state index contributed by atoms with van der Waals surface area (Å²) in [6.07, 6.45) is 3.19. The predicted octanol–water partition coefficient (Wildman–Crippen LogP) is -0.0988. The van der Waals surface area contributed by atoms with Crippen LogP contribution in [0.3, 0.4) is 0 Å². The number of thioether (sulfide) groups is 1. The summed E-state index contributed by atoms with van der Waals surface area (Å²) in [7, 11) is 1.59. The van der Waals surface area contributed by atoms with Crippen molar-refractivity contribution in [2.24, 2.45) is 0 Å². The van der Waals surface area contributed by atoms with Crippen LogP contribution in [-0.2, 0) is 20.7 Å². The maximum absolute atomic E-state index is 11.6. The van der Waals surface area contributed by atoms with Gasteiger partial charge in [0.25, 0.3) is 0 Å². The molecule has 0 aliphatic carbocycles. The fraction of sp³-hybridized carbons (Fsp3) is 0.545. The number of aromatic nitrogens is 2. The van der Waals surface area contributed by atoms with E-state index in [4.69, 9.17) is 9.84 Å². The van der Waals surface area contributed by atoms with Crippen molar-refractivity contribution in [3.8, 4) is 0 Å². The monoisotopic (exact) mass is 287 g/mol. The van der Waals surface area contributed by atoms with Crippen molar-refractivity contribution in [3.63, 3.8) is 0 Å². The van der Waals surface area contributed by atoms with Crippen molar-refractivity contribution in [1.82, 2.24) is 15.3 Å². The molecule has 0 aliphatic heterocycles. The van der Waals surface area contributed by atoms with Gasteiger partial charge in [0, 0.05) is 31.2 Å². The number of hydrogen-bond donors (Lipinski definition) is 3. The van der Waals surface area contributed by atoms with E-state index in [1.807, 2.05) is 0 Å². The number of carbonyl (C=O) groups excluding carboxylic acids is 1. The molecule has 0 saturated heterocycles. The van der Waals surface area contributed by atoms with Gasteiger partial charge < -0.3 is 20.1 Å². The van der Waals surface area contributed by atoms with Gasteiger partial charge in [-0.2, -0.15) is 0 Å². The minimum atomic E-state index is -1.06. The van der Waals surface area contributed by atoms with Crippen LogP contribution in [0.15, 0.2) is 12.5 Å². The lowest BCUT2D eigenvalue weighted by atomic mass is 10.1. The van der Waals surface area contributed by atoms with Gasteiger partial charge in [0.2, 0.25) is 5.91 Å². The normalized spacial score (nSPS) is 12.1. The van der Waals surface area contributed by atoms with Crippen molar-refractivity contribution in [2.45, 2.75) is 12.5 Å². The van der Waals surface area contributed by atoms with Crippen LogP contribution >= 0.6 is 11.8 Å². The molecular weight excluding hydrogens is 270 g/mol. The summed E-state index contributed by atoms with van der Waals surface area (Å²) in [6.45, 7) is 0.564. The molecule has 1 atom stereocenters. The number of hydrogen-bond acceptors (Lipinski definition) is 5. The maximum Gasteiger partial charge on any atom is 0.326 e. The van der Waals surface area contributed by atoms with Gasteiger partial charge in [0.05, 0.1) is 18.7 Å². The van der Waals surface area contributed by atoms with Gasteiger partial charge >= 0.3 is 5.97 Å². The molecule has 0 aromatic carbocycles. The Labute approximate surface area is 115 Å². The van der Waals surface area contributed by atoms with Gasteiger partial charge in [-0.3, -0.25) is 4.79 Å². The van der Waals surface area contributed by atoms with E-state index in [0.29, 0.717) is 18.1 Å². The van der Waals surface area contributed by atoms with Gasteiger partial charge in [-0.25, -0.2) is 9.78 Å². The molecule has 0 fully saturated rings. The van der Waals surface area contributed by atoms with E-state index < -0.39 is 12.0 Å². The second-order valence-corrected chi connectivity index (χ2v) is 4.89. The molecule has 3 N–H and O–H groups in total. The summed E-state index contributed by atoms with van der Waals surface area (Å²) >= 11 is 1.40. The number of carboxylic acid groups (broad SMARTS) is 1. The van der Waals surface area contributed by atoms with Crippen molar-refractivity contribution < 1.29 is 19.4 Å². The molecular formula is C11H17N3O4S. The number of ether oxygens (including phenoxy) is 1. The number of H-pyrrole nitrogens is 1. The van der Waals surface area contributed by atoms with Crippen LogP contribution in [0.4, 0.5) is 0 Å². The number of carboxylic acids is 1. The highest BCUT2D eigenvalue weighted by molar-refractivity contribution is 7.99. The number of nitrogens with one attached hydrogen (secondary N) is 2. The first-order valence-corrected chi connectivity index (χ1v) is 6.85. The lowest BCUT2D eigenvalue weighted by Crippen LogP contribution is -2.43. The number of rotatable bonds is 9. The van der Waals surface area contributed by atoms with E-state index in [9.17, 15) is 9.59 Å². The molecule has 0 bridgehead atoms. The van der Waals surface area contributed by atoms with Crippen LogP contribution in [0.1, 0.15) is 5.69 Å². The van der Waals surface area contributed by atoms with Crippen LogP contribution in [0.2, 0.25) is 0 Å². The lowest BCUT2D eigenvalue weighted by Gasteiger charge is -2.13. The molecule has 7 nitrogen and oxygen atoms in total. The van der Waals surface area contributed by atoms with Crippen molar-refractivity contribution in [1.29, 1.82) is 0 Å². The third-order valence-corrected chi connectivity index (χ3v) is 3.20. The van der Waals surface area contributed by atoms with E-state index in [-0.39, 0.29) is 18.1 Å². The highest BCUT2D eigenvalue weighted by Gasteiger charge is 2.20. The Hall–Kier alpha value is -1.54. The quantitative estimate of drug-likeness (QED) is 0.548. The summed E-state index contributed by atoms with van der Waals surface area (Å²) in [4.78, 5) is 29.3. The number of amides is 1. The molecule has 1 aromatic rings. The largest absolute Gasteiger partial charge is 0.480 e. The van der Waals surface area contributed by atoms with Crippen LogP contribution in [0.25, 0.3) is 0 Å². The Bertz CT molecular complexity index is 397. The first-order chi connectivity index (χ1) is 9.13. The minimum absolute atomic E-state index is 0.184. The Morgan fingerprint density at radius 1 is 1.63 bits per heavy atom. The molecule has 1 unspecified atom stereocenters. The third kappa shape index (κ3) is 6.25. The molecule has 8 heteroatoms. The van der Waals surface area contributed by atoms with Gasteiger partial charge in [-0.05, 0) is 0 Å². The summed E-state index contributed by atoms with van der Waals surface area (Å²) in [5.41, 5.74) is 0.666. The first-order valence-electron chi connectivity index (χ1n) is 5.69. The summed E-state index contributed by atoms with van der Waals surface area (Å²) < 4.78 is 4.86. The number of aromatic amines is 1. The van der Waals surface area contributed by atoms with E-state index in [0.717, 1.165) is 0 Å². The van der Waals surface area contributed by atoms with E-state index in [1.54, 1.807) is 7.11 Å². The van der Waals surface area contributed by atoms with E-state index in [2.05, 4.69) is 15.3 Å². The fourth-order valence-electron chi connectivity index (χ4n) is 1.36. The second kappa shape index (κ2) is 8.54. The van der Waals surface area contributed by atoms with Crippen LogP contribution < -0.4 is 5.32 Å². The maximum atomic E-state index is 11.6. The lowest BCUT2D eigenvalue weighted by molar-refractivity contribution is -0.141. The van der Waals surface area contributed by atoms with Crippen LogP contribution in [-0.4, -0.2) is 58.2 Å². The van der Waals surface area contributed by atoms with Crippen LogP contribution in [0.5, 0.6) is 0 Å². The summed E-state index contributed by atoms with van der Waals surface area (Å²) in [5, 5.41) is 11.5. The number of aliphatic carboxylic acids is 1. The predicted molar refractivity (Wildman–Crippen MR) is 71.1 cm³/mol. The topological polar surface area (TPSA) is 104 Å². The smallest absolute Gasteiger partial charge is 0.326 e. The van der Waals surface area contributed by atoms with Crippen molar-refractivity contribution >= 4 is 23.6 Å². The molecule has 1 aromatic heterocycles. The van der Waals surface area contributed by atoms with E-state index in [1.165, 1.54) is 24.3 Å². The van der Waals surface area contributed by atoms with Crippen LogP contribution in [0, 0.1) is 0 Å². The second-order valence-electron chi connectivity index (χ2n) is 3.78. The number of nitrogens with zero attached hydrogens (tertiary/aromatic N) is 1. The minimum Gasteiger partial charge on any atom is -0.480 e. The Morgan fingerprint density at radius 2 is 2.42 bits per heavy atom. The molecule has 0 saturated carbocycles. The summed E-state index contributed by atoms with van der Waals surface area (Å²) in [6, 6.07) is -0.948. The van der Waals surface area contributed by atoms with Gasteiger partial charge in [-0.15, -0.1) is 11.8 Å². The average Bonchev–Trinajstić information content (AvgIpc) is 2.86. The Morgan fingerprint density at radius 3 is 3.00 bits per heavy atom. The zero-order valence-corrected chi connectivity index (χ0v) is 11.4. The Balaban J connectivity index is 2.36. The zero-order chi connectivity index (χ0) is 14.1. The molecule has 1 heterocycles. The van der Waals surface area contributed by atoms with Crippen molar-refractivity contribution in [3.05, 3.63) is 18.2 Å². The molecule has 106 valence electrons. The Kier molecular flexibility index (Phi) is 6.98. The molecule has 1 rings (SSSR count). The van der Waals surface area contributed by atoms with E-state index >= 15 is 0 Å². The number of carbonyl (C=O) groups is 2. The van der Waals surface area contributed by atoms with Gasteiger partial charge in [0.1, 0.15) is 6.04 Å². The highest BCUT2D eigenvalue weighted by Crippen LogP contribution is 2.02. The number of imidazole rings is 1. The average molecular weight is 287 g/mol. The third-order valence-electron chi connectivity index (χ3n) is 2.28. The summed E-state index contributed by atoms with van der Waals surface area (Å²) in [5.74, 6) is -0.448. The molecule has 19 heavy (non-hydrogen) atoms. The molecule has 0 spiro atoms. The highest BCUT2D eigenvalue weighted by atomic mass is 32.2. The molecule has 1 amide bonds. The fourth-order valence-corrected chi connectivity index (χ4v) is 2.06. The molecule has 0 radical (unpaired) electrons. The standard InChI is InChI=1S/C11H17N3O4S/c1-18-2-3-19-6-10(15)14-9(11(16)17)4-8-5-12-7-13-8/h5,7,9H,2-4,6H2,1H3,(H,12,13)(H,14,15)(H,16,17). The first kappa shape index (κ1) is 15.5. The zero-order valence-electron chi connectivity index (χ0n) is 10.6. The SMILES string of the molecule is COCCSCC(=O)NC(Cc1cnc[nH]1)C(=O)O. The van der Waals surface area contributed by atoms with Gasteiger partial charge in [0.15, 0.2) is 0 Å². The molecule has 0 aliphatic rings. The van der Waals surface area contributed by atoms with Gasteiger partial charge in [-0.1, -0.05) is 0 Å². The van der Waals surface area contributed by atoms with Crippen molar-refractivity contribution in [2.75, 3.05) is 25.2 Å².